The van der Waals surface area contributed by atoms with E-state index in [1.54, 1.807) is 0 Å². The monoisotopic (exact) mass is 110 g/mol. The average Bonchev–Trinajstić information content (AvgIpc) is 1.94. The summed E-state index contributed by atoms with van der Waals surface area (Å²) in [6, 6.07) is 0. The van der Waals surface area contributed by atoms with E-state index in [1.165, 1.54) is 0 Å². The Balaban J connectivity index is 2.52. The lowest BCUT2D eigenvalue weighted by Gasteiger charge is -1.95. The Morgan fingerprint density at radius 1 is 1.62 bits per heavy atom. The maximum atomic E-state index is 5.50. The van der Waals surface area contributed by atoms with Crippen molar-refractivity contribution in [3.05, 3.63) is 24.0 Å². The minimum absolute atomic E-state index is 0.950. The second-order valence-corrected chi connectivity index (χ2v) is 1.80. The summed E-state index contributed by atoms with van der Waals surface area (Å²) >= 11 is 0. The largest absolute Gasteiger partial charge is 0.402 e. The van der Waals surface area contributed by atoms with Gasteiger partial charge in [0.2, 0.25) is 0 Å². The Bertz CT molecular complexity index is 124. The van der Waals surface area contributed by atoms with Crippen LogP contribution in [0.3, 0.4) is 0 Å². The van der Waals surface area contributed by atoms with E-state index in [1.807, 2.05) is 18.4 Å². The van der Waals surface area contributed by atoms with E-state index in [-0.39, 0.29) is 0 Å². The molecule has 1 rings (SSSR count). The van der Waals surface area contributed by atoms with Crippen LogP contribution in [0.2, 0.25) is 0 Å². The summed E-state index contributed by atoms with van der Waals surface area (Å²) in [5, 5.41) is 3.06. The van der Waals surface area contributed by atoms with Crippen LogP contribution in [0, 0.1) is 0 Å². The molecule has 3 N–H and O–H groups in total. The van der Waals surface area contributed by atoms with Crippen molar-refractivity contribution in [2.75, 3.05) is 6.54 Å². The van der Waals surface area contributed by atoms with Crippen LogP contribution in [0.5, 0.6) is 0 Å². The molecule has 0 aromatic carbocycles. The Morgan fingerprint density at radius 3 is 3.38 bits per heavy atom. The van der Waals surface area contributed by atoms with Gasteiger partial charge in [0.25, 0.3) is 0 Å². The molecule has 1 heterocycles. The molecule has 0 aliphatic carbocycles. The molecule has 2 nitrogen and oxygen atoms in total. The highest BCUT2D eigenvalue weighted by Crippen LogP contribution is 1.93. The molecule has 0 saturated heterocycles. The van der Waals surface area contributed by atoms with Gasteiger partial charge in [-0.2, -0.15) is 0 Å². The number of hydrogen-bond donors (Lipinski definition) is 2. The first-order chi connectivity index (χ1) is 3.89. The highest BCUT2D eigenvalue weighted by atomic mass is 14.8. The van der Waals surface area contributed by atoms with Gasteiger partial charge in [0, 0.05) is 18.7 Å². The first-order valence-electron chi connectivity index (χ1n) is 2.74. The smallest absolute Gasteiger partial charge is 0.0196 e. The van der Waals surface area contributed by atoms with E-state index in [0.29, 0.717) is 0 Å². The van der Waals surface area contributed by atoms with Crippen molar-refractivity contribution in [1.29, 1.82) is 0 Å². The zero-order chi connectivity index (χ0) is 5.82. The molecule has 0 fully saturated rings. The normalized spacial score (nSPS) is 18.8. The van der Waals surface area contributed by atoms with Gasteiger partial charge in [-0.15, -0.1) is 0 Å². The van der Waals surface area contributed by atoms with Crippen molar-refractivity contribution < 1.29 is 0 Å². The fourth-order valence-electron chi connectivity index (χ4n) is 0.623. The summed E-state index contributed by atoms with van der Waals surface area (Å²) in [5.41, 5.74) is 6.45. The topological polar surface area (TPSA) is 38.0 Å². The van der Waals surface area contributed by atoms with E-state index in [4.69, 9.17) is 5.73 Å². The third-order valence-corrected chi connectivity index (χ3v) is 1.08. The third kappa shape index (κ3) is 1.30. The van der Waals surface area contributed by atoms with Crippen LogP contribution < -0.4 is 11.1 Å². The van der Waals surface area contributed by atoms with E-state index >= 15 is 0 Å². The van der Waals surface area contributed by atoms with Gasteiger partial charge in [-0.05, 0) is 18.4 Å². The van der Waals surface area contributed by atoms with Crippen LogP contribution in [-0.2, 0) is 0 Å². The summed E-state index contributed by atoms with van der Waals surface area (Å²) < 4.78 is 0. The number of nitrogens with two attached hydrogens (primary N) is 1. The molecule has 2 heteroatoms. The van der Waals surface area contributed by atoms with Crippen molar-refractivity contribution in [3.63, 3.8) is 0 Å². The van der Waals surface area contributed by atoms with Gasteiger partial charge >= 0.3 is 0 Å². The second kappa shape index (κ2) is 2.40. The lowest BCUT2D eigenvalue weighted by Crippen LogP contribution is -2.08. The van der Waals surface area contributed by atoms with Crippen LogP contribution in [0.1, 0.15) is 6.42 Å². The van der Waals surface area contributed by atoms with Gasteiger partial charge in [0.1, 0.15) is 0 Å². The van der Waals surface area contributed by atoms with Gasteiger partial charge in [-0.3, -0.25) is 0 Å². The highest BCUT2D eigenvalue weighted by molar-refractivity contribution is 5.11. The summed E-state index contributed by atoms with van der Waals surface area (Å²) in [7, 11) is 0. The molecule has 8 heavy (non-hydrogen) atoms. The van der Waals surface area contributed by atoms with Crippen molar-refractivity contribution in [2.24, 2.45) is 5.73 Å². The Morgan fingerprint density at radius 2 is 2.50 bits per heavy atom. The van der Waals surface area contributed by atoms with Crippen LogP contribution >= 0.6 is 0 Å². The van der Waals surface area contributed by atoms with Crippen molar-refractivity contribution in [3.8, 4) is 0 Å². The zero-order valence-corrected chi connectivity index (χ0v) is 4.72. The predicted molar refractivity (Wildman–Crippen MR) is 34.0 cm³/mol. The van der Waals surface area contributed by atoms with Crippen LogP contribution in [0.4, 0.5) is 0 Å². The van der Waals surface area contributed by atoms with E-state index in [2.05, 4.69) is 5.32 Å². The molecule has 0 aromatic heterocycles. The number of hydrogen-bond acceptors (Lipinski definition) is 2. The minimum Gasteiger partial charge on any atom is -0.402 e. The average molecular weight is 110 g/mol. The molecule has 1 aliphatic rings. The maximum absolute atomic E-state index is 5.50. The number of allylic oxidation sites excluding steroid dienone is 2. The molecule has 0 spiro atoms. The zero-order valence-electron chi connectivity index (χ0n) is 4.72. The van der Waals surface area contributed by atoms with Crippen molar-refractivity contribution in [2.45, 2.75) is 6.42 Å². The SMILES string of the molecule is NC1=CC=CNCC1. The number of nitrogens with one attached hydrogen (secondary N) is 1. The van der Waals surface area contributed by atoms with Crippen LogP contribution in [0.15, 0.2) is 24.0 Å². The molecule has 0 atom stereocenters. The fourth-order valence-corrected chi connectivity index (χ4v) is 0.623. The fraction of sp³-hybridized carbons (Fsp3) is 0.333. The standard InChI is InChI=1S/C6H10N2/c7-6-2-1-4-8-5-3-6/h1-2,4,8H,3,5,7H2. The molecule has 0 radical (unpaired) electrons. The molecule has 0 aromatic rings. The van der Waals surface area contributed by atoms with Crippen LogP contribution in [-0.4, -0.2) is 6.54 Å². The summed E-state index contributed by atoms with van der Waals surface area (Å²) in [6.45, 7) is 0.957. The first-order valence-corrected chi connectivity index (χ1v) is 2.74. The van der Waals surface area contributed by atoms with Gasteiger partial charge in [-0.1, -0.05) is 0 Å². The maximum Gasteiger partial charge on any atom is 0.0196 e. The molecule has 1 aliphatic heterocycles. The summed E-state index contributed by atoms with van der Waals surface area (Å²) in [5.74, 6) is 0. The van der Waals surface area contributed by atoms with E-state index < -0.39 is 0 Å². The predicted octanol–water partition coefficient (Wildman–Crippen LogP) is 0.336. The van der Waals surface area contributed by atoms with Gasteiger partial charge in [0.15, 0.2) is 0 Å². The van der Waals surface area contributed by atoms with Gasteiger partial charge in [0.05, 0.1) is 0 Å². The molecule has 44 valence electrons. The molecule has 0 unspecified atom stereocenters. The third-order valence-electron chi connectivity index (χ3n) is 1.08. The van der Waals surface area contributed by atoms with Crippen molar-refractivity contribution in [1.82, 2.24) is 5.32 Å². The molecular weight excluding hydrogens is 100 g/mol. The van der Waals surface area contributed by atoms with Crippen LogP contribution in [0.25, 0.3) is 0 Å². The Kier molecular flexibility index (Phi) is 1.57. The lowest BCUT2D eigenvalue weighted by molar-refractivity contribution is 0.827. The molecule has 0 amide bonds. The van der Waals surface area contributed by atoms with Crippen molar-refractivity contribution >= 4 is 0 Å². The van der Waals surface area contributed by atoms with E-state index in [9.17, 15) is 0 Å². The quantitative estimate of drug-likeness (QED) is 0.471. The summed E-state index contributed by atoms with van der Waals surface area (Å²) in [4.78, 5) is 0. The highest BCUT2D eigenvalue weighted by Gasteiger charge is 1.89. The molecule has 0 saturated carbocycles. The number of rotatable bonds is 0. The van der Waals surface area contributed by atoms with Gasteiger partial charge < -0.3 is 11.1 Å². The molecule has 0 bridgehead atoms. The minimum atomic E-state index is 0.950. The van der Waals surface area contributed by atoms with Gasteiger partial charge in [-0.25, -0.2) is 0 Å². The summed E-state index contributed by atoms with van der Waals surface area (Å²) in [6.07, 6.45) is 6.69. The second-order valence-electron chi connectivity index (χ2n) is 1.80. The lowest BCUT2D eigenvalue weighted by atomic mass is 10.3. The first kappa shape index (κ1) is 5.22. The molecular formula is C6H10N2. The Hall–Kier alpha value is -0.920. The Labute approximate surface area is 49.1 Å². The van der Waals surface area contributed by atoms with E-state index in [0.717, 1.165) is 18.7 Å².